The largest absolute Gasteiger partial charge is 0.480 e. The van der Waals surface area contributed by atoms with Crippen LogP contribution in [-0.4, -0.2) is 130 Å². The molecule has 4 aliphatic heterocycles. The van der Waals surface area contributed by atoms with Crippen molar-refractivity contribution < 1.29 is 33.8 Å². The number of carbonyl (C=O) groups excluding carboxylic acids is 2. The first-order chi connectivity index (χ1) is 25.1. The number of nitrogens with zero attached hydrogens (tertiary/aromatic N) is 4. The minimum absolute atomic E-state index is 0.140. The van der Waals surface area contributed by atoms with Gasteiger partial charge in [-0.25, -0.2) is 19.2 Å². The van der Waals surface area contributed by atoms with Crippen molar-refractivity contribution in [3.63, 3.8) is 0 Å². The predicted molar refractivity (Wildman–Crippen MR) is 191 cm³/mol. The molecule has 3 amide bonds. The molecule has 2 aromatic heterocycles. The maximum absolute atomic E-state index is 16.8. The molecule has 4 aliphatic rings. The summed E-state index contributed by atoms with van der Waals surface area (Å²) in [5.74, 6) is -1.34. The summed E-state index contributed by atoms with van der Waals surface area (Å²) >= 11 is 0. The Balaban J connectivity index is 1.04. The molecule has 15 nitrogen and oxygen atoms in total. The minimum Gasteiger partial charge on any atom is -0.480 e. The van der Waals surface area contributed by atoms with E-state index in [1.807, 2.05) is 12.1 Å². The van der Waals surface area contributed by atoms with Crippen molar-refractivity contribution in [1.82, 2.24) is 35.7 Å². The van der Waals surface area contributed by atoms with E-state index in [0.29, 0.717) is 32.2 Å². The number of carbonyl (C=O) groups is 4. The van der Waals surface area contributed by atoms with Gasteiger partial charge in [0.1, 0.15) is 11.6 Å². The molecule has 0 aliphatic carbocycles. The van der Waals surface area contributed by atoms with Gasteiger partial charge in [-0.1, -0.05) is 12.1 Å². The second-order valence-corrected chi connectivity index (χ2v) is 14.3. The highest BCUT2D eigenvalue weighted by atomic mass is 19.1. The van der Waals surface area contributed by atoms with E-state index in [9.17, 15) is 29.4 Å². The molecule has 6 heterocycles. The van der Waals surface area contributed by atoms with Crippen LogP contribution in [0.25, 0.3) is 0 Å². The van der Waals surface area contributed by atoms with Crippen LogP contribution >= 0.6 is 0 Å². The summed E-state index contributed by atoms with van der Waals surface area (Å²) in [7, 11) is 0. The number of halogens is 1. The number of amides is 3. The molecule has 4 atom stereocenters. The van der Waals surface area contributed by atoms with Gasteiger partial charge in [0.15, 0.2) is 0 Å². The molecule has 0 saturated carbocycles. The molecule has 2 saturated heterocycles. The smallest absolute Gasteiger partial charge is 0.317 e. The van der Waals surface area contributed by atoms with E-state index >= 15 is 4.39 Å². The first-order valence-corrected chi connectivity index (χ1v) is 18.5. The second kappa shape index (κ2) is 16.8. The average Bonchev–Trinajstić information content (AvgIpc) is 3.11. The average molecular weight is 724 g/mol. The van der Waals surface area contributed by atoms with Crippen LogP contribution < -0.4 is 26.6 Å². The van der Waals surface area contributed by atoms with Gasteiger partial charge in [0.25, 0.3) is 5.91 Å². The number of fused-ring (bicyclic) bond motifs is 2. The number of aliphatic carboxylic acids is 2. The molecule has 16 heteroatoms. The first-order valence-electron chi connectivity index (χ1n) is 18.5. The number of aromatic nitrogens is 2. The summed E-state index contributed by atoms with van der Waals surface area (Å²) in [4.78, 5) is 62.2. The lowest BCUT2D eigenvalue weighted by Gasteiger charge is -2.57. The number of hydrogen-bond donors (Lipinski definition) is 7. The van der Waals surface area contributed by atoms with Gasteiger partial charge in [-0.05, 0) is 81.0 Å². The Hall–Kier alpha value is -4.57. The van der Waals surface area contributed by atoms with Crippen molar-refractivity contribution in [2.75, 3.05) is 63.0 Å². The summed E-state index contributed by atoms with van der Waals surface area (Å²) in [5.41, 5.74) is 1.74. The van der Waals surface area contributed by atoms with Crippen LogP contribution in [0, 0.1) is 0 Å². The number of unbranched alkanes of at least 4 members (excludes halogenated alkanes) is 1. The number of carboxylic acid groups (broad SMARTS) is 2. The van der Waals surface area contributed by atoms with Crippen LogP contribution in [0.3, 0.4) is 0 Å². The highest BCUT2D eigenvalue weighted by Gasteiger charge is 2.63. The fourth-order valence-corrected chi connectivity index (χ4v) is 7.96. The number of likely N-dealkylation sites (tertiary alicyclic amines) is 2. The lowest BCUT2D eigenvalue weighted by atomic mass is 9.75. The second-order valence-electron chi connectivity index (χ2n) is 14.3. The highest BCUT2D eigenvalue weighted by molar-refractivity contribution is 5.88. The maximum Gasteiger partial charge on any atom is 0.317 e. The fourth-order valence-electron chi connectivity index (χ4n) is 7.96. The summed E-state index contributed by atoms with van der Waals surface area (Å²) in [5, 5.41) is 34.4. The Morgan fingerprint density at radius 1 is 0.846 bits per heavy atom. The zero-order chi connectivity index (χ0) is 36.7. The van der Waals surface area contributed by atoms with Crippen LogP contribution in [0.2, 0.25) is 0 Å². The normalized spacial score (nSPS) is 24.2. The van der Waals surface area contributed by atoms with E-state index in [-0.39, 0.29) is 19.5 Å². The zero-order valence-corrected chi connectivity index (χ0v) is 29.5. The van der Waals surface area contributed by atoms with E-state index in [0.717, 1.165) is 68.2 Å². The van der Waals surface area contributed by atoms with Crippen LogP contribution in [0.15, 0.2) is 24.3 Å². The number of aryl methyl sites for hydroxylation is 3. The standard InChI is InChI=1S/C36H50FN9O6/c37-36(34(51)40-14-2-1-7-25-10-8-23-5-3-15-38-32(23)42-25)22-46(21-30(49)50)31(36)28-19-27(13-18-45(28)20-29(47)48)44-35(52)41-17-12-26-11-9-24-6-4-16-39-33(24)43-26/h8-11,27-28,31H,1-7,12-22H2,(H,38,42)(H,39,43)(H,40,51)(H,47,48)(H,49,50)(H2,41,44,52). The monoisotopic (exact) mass is 723 g/mol. The lowest BCUT2D eigenvalue weighted by molar-refractivity contribution is -0.176. The molecule has 0 spiro atoms. The predicted octanol–water partition coefficient (Wildman–Crippen LogP) is 1.57. The molecule has 2 fully saturated rings. The van der Waals surface area contributed by atoms with E-state index < -0.39 is 67.3 Å². The maximum atomic E-state index is 16.8. The number of alkyl halides is 1. The van der Waals surface area contributed by atoms with Gasteiger partial charge in [-0.15, -0.1) is 0 Å². The number of nitrogens with one attached hydrogen (secondary N) is 5. The number of rotatable bonds is 15. The Bertz CT molecular complexity index is 1630. The van der Waals surface area contributed by atoms with Gasteiger partial charge in [0.05, 0.1) is 19.1 Å². The minimum atomic E-state index is -2.44. The third-order valence-electron chi connectivity index (χ3n) is 10.5. The van der Waals surface area contributed by atoms with Crippen LogP contribution in [0.5, 0.6) is 0 Å². The number of piperidine rings is 1. The van der Waals surface area contributed by atoms with Crippen molar-refractivity contribution in [2.24, 2.45) is 0 Å². The fraction of sp³-hybridized carbons (Fsp3) is 0.611. The van der Waals surface area contributed by atoms with Crippen molar-refractivity contribution in [1.29, 1.82) is 0 Å². The van der Waals surface area contributed by atoms with Gasteiger partial charge in [0, 0.05) is 69.2 Å². The Morgan fingerprint density at radius 3 is 2.13 bits per heavy atom. The molecule has 2 aromatic rings. The summed E-state index contributed by atoms with van der Waals surface area (Å²) in [6, 6.07) is 5.20. The van der Waals surface area contributed by atoms with Crippen molar-refractivity contribution in [2.45, 2.75) is 88.0 Å². The zero-order valence-electron chi connectivity index (χ0n) is 29.5. The number of pyridine rings is 2. The highest BCUT2D eigenvalue weighted by Crippen LogP contribution is 2.40. The topological polar surface area (TPSA) is 201 Å². The van der Waals surface area contributed by atoms with E-state index in [1.54, 1.807) is 4.90 Å². The summed E-state index contributed by atoms with van der Waals surface area (Å²) in [6.07, 6.45) is 7.23. The molecule has 0 radical (unpaired) electrons. The van der Waals surface area contributed by atoms with Crippen LogP contribution in [-0.2, 0) is 40.1 Å². The SMILES string of the molecule is O=C(O)CN1CCC(NC(=O)NCCc2ccc3c(n2)NCCC3)CC1C1N(CC(=O)O)CC1(F)C(=O)NCCCCc1ccc2c(n1)NCCC2. The molecule has 4 unspecified atom stereocenters. The van der Waals surface area contributed by atoms with Crippen molar-refractivity contribution >= 4 is 35.5 Å². The summed E-state index contributed by atoms with van der Waals surface area (Å²) in [6.45, 7) is 1.22. The number of hydrogen-bond acceptors (Lipinski definition) is 10. The molecular formula is C36H50FN9O6. The number of carboxylic acids is 2. The molecule has 282 valence electrons. The van der Waals surface area contributed by atoms with E-state index in [2.05, 4.69) is 43.7 Å². The third-order valence-corrected chi connectivity index (χ3v) is 10.5. The third kappa shape index (κ3) is 9.07. The number of anilines is 2. The van der Waals surface area contributed by atoms with Gasteiger partial charge in [-0.3, -0.25) is 24.2 Å². The van der Waals surface area contributed by atoms with Gasteiger partial charge < -0.3 is 36.8 Å². The van der Waals surface area contributed by atoms with Crippen molar-refractivity contribution in [3.05, 3.63) is 46.8 Å². The van der Waals surface area contributed by atoms with E-state index in [1.165, 1.54) is 16.0 Å². The number of urea groups is 1. The molecule has 0 aromatic carbocycles. The molecular weight excluding hydrogens is 673 g/mol. The van der Waals surface area contributed by atoms with Crippen molar-refractivity contribution in [3.8, 4) is 0 Å². The Morgan fingerprint density at radius 2 is 1.48 bits per heavy atom. The van der Waals surface area contributed by atoms with Crippen LogP contribution in [0.1, 0.15) is 61.0 Å². The Kier molecular flexibility index (Phi) is 12.0. The van der Waals surface area contributed by atoms with Gasteiger partial charge >= 0.3 is 18.0 Å². The molecule has 52 heavy (non-hydrogen) atoms. The molecule has 0 bridgehead atoms. The first kappa shape index (κ1) is 37.2. The summed E-state index contributed by atoms with van der Waals surface area (Å²) < 4.78 is 16.8. The van der Waals surface area contributed by atoms with Gasteiger partial charge in [0.2, 0.25) is 5.67 Å². The van der Waals surface area contributed by atoms with E-state index in [4.69, 9.17) is 4.98 Å². The molecule has 6 rings (SSSR count). The lowest BCUT2D eigenvalue weighted by Crippen LogP contribution is -2.79. The Labute approximate surface area is 302 Å². The van der Waals surface area contributed by atoms with Crippen LogP contribution in [0.4, 0.5) is 20.8 Å². The quantitative estimate of drug-likeness (QED) is 0.131. The molecule has 7 N–H and O–H groups in total. The van der Waals surface area contributed by atoms with Gasteiger partial charge in [-0.2, -0.15) is 0 Å².